The van der Waals surface area contributed by atoms with Crippen molar-refractivity contribution >= 4 is 23.4 Å². The fourth-order valence-corrected chi connectivity index (χ4v) is 2.69. The van der Waals surface area contributed by atoms with Crippen LogP contribution in [-0.2, 0) is 0 Å². The lowest BCUT2D eigenvalue weighted by molar-refractivity contribution is 0.169. The Hall–Kier alpha value is -1.07. The molecule has 1 saturated heterocycles. The van der Waals surface area contributed by atoms with Crippen LogP contribution in [0, 0.1) is 0 Å². The molecule has 1 N–H and O–H groups in total. The molecule has 2 unspecified atom stereocenters. The monoisotopic (exact) mass is 297 g/mol. The van der Waals surface area contributed by atoms with Gasteiger partial charge in [-0.1, -0.05) is 18.5 Å². The van der Waals surface area contributed by atoms with Crippen molar-refractivity contribution in [2.45, 2.75) is 39.3 Å². The zero-order valence-corrected chi connectivity index (χ0v) is 13.5. The maximum absolute atomic E-state index is 6.29. The smallest absolute Gasteiger partial charge is 0.224 e. The molecule has 2 heterocycles. The molecule has 5 nitrogen and oxygen atoms in total. The summed E-state index contributed by atoms with van der Waals surface area (Å²) in [7, 11) is 2.17. The Morgan fingerprint density at radius 1 is 1.35 bits per heavy atom. The molecule has 1 fully saturated rings. The third kappa shape index (κ3) is 3.33. The van der Waals surface area contributed by atoms with Crippen molar-refractivity contribution in [1.82, 2.24) is 14.9 Å². The Bertz CT molecular complexity index is 441. The summed E-state index contributed by atoms with van der Waals surface area (Å²) < 4.78 is 0. The van der Waals surface area contributed by atoms with Gasteiger partial charge in [0.25, 0.3) is 0 Å². The molecule has 1 aliphatic rings. The molecule has 1 aliphatic heterocycles. The highest BCUT2D eigenvalue weighted by atomic mass is 35.5. The zero-order valence-electron chi connectivity index (χ0n) is 12.7. The van der Waals surface area contributed by atoms with Crippen molar-refractivity contribution in [3.8, 4) is 0 Å². The lowest BCUT2D eigenvalue weighted by Gasteiger charge is -2.43. The van der Waals surface area contributed by atoms with Crippen molar-refractivity contribution in [3.63, 3.8) is 0 Å². The van der Waals surface area contributed by atoms with Crippen LogP contribution in [0.1, 0.15) is 27.2 Å². The third-order valence-electron chi connectivity index (χ3n) is 3.92. The molecular weight excluding hydrogens is 274 g/mol. The predicted octanol–water partition coefficient (Wildman–Crippen LogP) is 2.48. The first-order valence-corrected chi connectivity index (χ1v) is 7.64. The summed E-state index contributed by atoms with van der Waals surface area (Å²) in [6, 6.07) is 0.966. The van der Waals surface area contributed by atoms with Gasteiger partial charge in [-0.25, -0.2) is 4.98 Å². The molecule has 2 rings (SSSR count). The van der Waals surface area contributed by atoms with Crippen LogP contribution in [0.5, 0.6) is 0 Å². The predicted molar refractivity (Wildman–Crippen MR) is 84.7 cm³/mol. The molecule has 0 aromatic carbocycles. The number of nitrogens with zero attached hydrogens (tertiary/aromatic N) is 4. The number of anilines is 2. The van der Waals surface area contributed by atoms with Gasteiger partial charge in [0.2, 0.25) is 5.95 Å². The molecule has 6 heteroatoms. The summed E-state index contributed by atoms with van der Waals surface area (Å²) in [5, 5.41) is 3.84. The van der Waals surface area contributed by atoms with Crippen LogP contribution in [0.15, 0.2) is 6.20 Å². The van der Waals surface area contributed by atoms with Crippen LogP contribution < -0.4 is 10.2 Å². The summed E-state index contributed by atoms with van der Waals surface area (Å²) in [6.07, 6.45) is 2.74. The third-order valence-corrected chi connectivity index (χ3v) is 4.18. The molecule has 2 atom stereocenters. The minimum atomic E-state index is 0.483. The first kappa shape index (κ1) is 15.3. The van der Waals surface area contributed by atoms with Crippen molar-refractivity contribution in [3.05, 3.63) is 11.2 Å². The van der Waals surface area contributed by atoms with E-state index in [1.165, 1.54) is 0 Å². The van der Waals surface area contributed by atoms with Crippen molar-refractivity contribution in [1.29, 1.82) is 0 Å². The lowest BCUT2D eigenvalue weighted by atomic mass is 10.1. The van der Waals surface area contributed by atoms with Gasteiger partial charge in [-0.2, -0.15) is 4.98 Å². The maximum Gasteiger partial charge on any atom is 0.224 e. The van der Waals surface area contributed by atoms with Crippen LogP contribution in [0.3, 0.4) is 0 Å². The van der Waals surface area contributed by atoms with E-state index in [4.69, 9.17) is 11.6 Å². The average molecular weight is 298 g/mol. The van der Waals surface area contributed by atoms with E-state index < -0.39 is 0 Å². The first-order chi connectivity index (χ1) is 9.52. The number of nitrogens with one attached hydrogen (secondary N) is 1. The number of piperazine rings is 1. The summed E-state index contributed by atoms with van der Waals surface area (Å²) in [5.41, 5.74) is 0. The summed E-state index contributed by atoms with van der Waals surface area (Å²) >= 11 is 6.29. The van der Waals surface area contributed by atoms with Crippen LogP contribution in [0.2, 0.25) is 5.02 Å². The Labute approximate surface area is 126 Å². The van der Waals surface area contributed by atoms with Crippen LogP contribution in [0.25, 0.3) is 0 Å². The minimum absolute atomic E-state index is 0.483. The standard InChI is InChI=1S/C14H24ClN5/c1-5-6-16-14-17-7-12(15)13(18-14)20-8-10(2)19(4)11(3)9-20/h7,10-11H,5-6,8-9H2,1-4H3,(H,16,17,18). The molecule has 0 aliphatic carbocycles. The van der Waals surface area contributed by atoms with Gasteiger partial charge in [0.05, 0.1) is 6.20 Å². The number of hydrogen-bond acceptors (Lipinski definition) is 5. The van der Waals surface area contributed by atoms with Gasteiger partial charge in [0.1, 0.15) is 5.02 Å². The SMILES string of the molecule is CCCNc1ncc(Cl)c(N2CC(C)N(C)C(C)C2)n1. The second-order valence-electron chi connectivity index (χ2n) is 5.56. The van der Waals surface area contributed by atoms with E-state index >= 15 is 0 Å². The van der Waals surface area contributed by atoms with Gasteiger partial charge in [0.15, 0.2) is 5.82 Å². The molecule has 0 amide bonds. The van der Waals surface area contributed by atoms with E-state index in [0.29, 0.717) is 23.1 Å². The first-order valence-electron chi connectivity index (χ1n) is 7.26. The number of hydrogen-bond donors (Lipinski definition) is 1. The molecule has 20 heavy (non-hydrogen) atoms. The normalized spacial score (nSPS) is 23.9. The molecular formula is C14H24ClN5. The van der Waals surface area contributed by atoms with Gasteiger partial charge >= 0.3 is 0 Å². The van der Waals surface area contributed by atoms with Crippen molar-refractivity contribution in [2.24, 2.45) is 0 Å². The topological polar surface area (TPSA) is 44.3 Å². The lowest BCUT2D eigenvalue weighted by Crippen LogP contribution is -2.55. The highest BCUT2D eigenvalue weighted by Gasteiger charge is 2.28. The van der Waals surface area contributed by atoms with Gasteiger partial charge in [0, 0.05) is 31.7 Å². The zero-order chi connectivity index (χ0) is 14.7. The molecule has 0 spiro atoms. The van der Waals surface area contributed by atoms with E-state index in [1.807, 2.05) is 0 Å². The van der Waals surface area contributed by atoms with E-state index in [-0.39, 0.29) is 0 Å². The Balaban J connectivity index is 2.18. The fourth-order valence-electron chi connectivity index (χ4n) is 2.48. The maximum atomic E-state index is 6.29. The van der Waals surface area contributed by atoms with Crippen LogP contribution >= 0.6 is 11.6 Å². The second-order valence-corrected chi connectivity index (χ2v) is 5.97. The molecule has 112 valence electrons. The Morgan fingerprint density at radius 2 is 2.00 bits per heavy atom. The molecule has 0 bridgehead atoms. The average Bonchev–Trinajstić information content (AvgIpc) is 2.43. The molecule has 0 radical (unpaired) electrons. The van der Waals surface area contributed by atoms with Gasteiger partial charge in [-0.15, -0.1) is 0 Å². The van der Waals surface area contributed by atoms with Crippen molar-refractivity contribution in [2.75, 3.05) is 36.9 Å². The second kappa shape index (κ2) is 6.59. The summed E-state index contributed by atoms with van der Waals surface area (Å²) in [4.78, 5) is 13.5. The van der Waals surface area contributed by atoms with Gasteiger partial charge < -0.3 is 10.2 Å². The van der Waals surface area contributed by atoms with Crippen LogP contribution in [-0.4, -0.2) is 53.6 Å². The Kier molecular flexibility index (Phi) is 5.05. The minimum Gasteiger partial charge on any atom is -0.354 e. The highest BCUT2D eigenvalue weighted by Crippen LogP contribution is 2.27. The molecule has 0 saturated carbocycles. The van der Waals surface area contributed by atoms with Crippen molar-refractivity contribution < 1.29 is 0 Å². The van der Waals surface area contributed by atoms with E-state index in [9.17, 15) is 0 Å². The largest absolute Gasteiger partial charge is 0.354 e. The van der Waals surface area contributed by atoms with Gasteiger partial charge in [-0.05, 0) is 27.3 Å². The quantitative estimate of drug-likeness (QED) is 0.925. The Morgan fingerprint density at radius 3 is 2.60 bits per heavy atom. The van der Waals surface area contributed by atoms with E-state index in [2.05, 4.69) is 52.9 Å². The number of rotatable bonds is 4. The highest BCUT2D eigenvalue weighted by molar-refractivity contribution is 6.32. The van der Waals surface area contributed by atoms with E-state index in [1.54, 1.807) is 6.20 Å². The van der Waals surface area contributed by atoms with Gasteiger partial charge in [-0.3, -0.25) is 4.90 Å². The molecule has 1 aromatic heterocycles. The fraction of sp³-hybridized carbons (Fsp3) is 0.714. The molecule has 1 aromatic rings. The van der Waals surface area contributed by atoms with E-state index in [0.717, 1.165) is 31.9 Å². The number of likely N-dealkylation sites (N-methyl/N-ethyl adjacent to an activating group) is 1. The summed E-state index contributed by atoms with van der Waals surface area (Å²) in [6.45, 7) is 9.32. The number of halogens is 1. The van der Waals surface area contributed by atoms with Crippen LogP contribution in [0.4, 0.5) is 11.8 Å². The summed E-state index contributed by atoms with van der Waals surface area (Å²) in [5.74, 6) is 1.50. The number of aromatic nitrogens is 2.